The molecule has 1 aliphatic carbocycles. The molecule has 0 aliphatic heterocycles. The van der Waals surface area contributed by atoms with Gasteiger partial charge in [0.15, 0.2) is 0 Å². The predicted octanol–water partition coefficient (Wildman–Crippen LogP) is 2.50. The Morgan fingerprint density at radius 2 is 2.05 bits per heavy atom. The van der Waals surface area contributed by atoms with Crippen LogP contribution in [-0.2, 0) is 11.3 Å². The molecule has 0 bridgehead atoms. The fourth-order valence-corrected chi connectivity index (χ4v) is 1.80. The highest BCUT2D eigenvalue weighted by Crippen LogP contribution is 2.28. The van der Waals surface area contributed by atoms with Gasteiger partial charge in [-0.05, 0) is 37.3 Å². The van der Waals surface area contributed by atoms with Crippen molar-refractivity contribution in [1.82, 2.24) is 5.32 Å². The Morgan fingerprint density at radius 3 is 2.68 bits per heavy atom. The van der Waals surface area contributed by atoms with Gasteiger partial charge in [0.05, 0.1) is 4.92 Å². The normalized spacial score (nSPS) is 14.5. The number of rotatable bonds is 9. The molecule has 19 heavy (non-hydrogen) atoms. The molecule has 0 heterocycles. The zero-order valence-electron chi connectivity index (χ0n) is 11.0. The van der Waals surface area contributed by atoms with Crippen LogP contribution in [0.4, 0.5) is 5.69 Å². The molecule has 0 spiro atoms. The standard InChI is InChI=1S/C14H20N2O3/c17-16(18)14-6-4-12(5-7-14)10-15-8-1-9-19-11-13-2-3-13/h4-7,13,15H,1-3,8-11H2. The van der Waals surface area contributed by atoms with Crippen molar-refractivity contribution in [3.05, 3.63) is 39.9 Å². The minimum atomic E-state index is -0.381. The SMILES string of the molecule is O=[N+]([O-])c1ccc(CNCCCOCC2CC2)cc1. The Morgan fingerprint density at radius 1 is 1.32 bits per heavy atom. The maximum Gasteiger partial charge on any atom is 0.269 e. The van der Waals surface area contributed by atoms with Crippen LogP contribution in [0.3, 0.4) is 0 Å². The third-order valence-corrected chi connectivity index (χ3v) is 3.17. The lowest BCUT2D eigenvalue weighted by molar-refractivity contribution is -0.384. The van der Waals surface area contributed by atoms with E-state index in [4.69, 9.17) is 4.74 Å². The smallest absolute Gasteiger partial charge is 0.269 e. The van der Waals surface area contributed by atoms with Crippen molar-refractivity contribution in [3.8, 4) is 0 Å². The number of benzene rings is 1. The van der Waals surface area contributed by atoms with Crippen molar-refractivity contribution in [2.75, 3.05) is 19.8 Å². The van der Waals surface area contributed by atoms with E-state index in [9.17, 15) is 10.1 Å². The second-order valence-corrected chi connectivity index (χ2v) is 4.97. The first-order valence-electron chi connectivity index (χ1n) is 6.77. The fourth-order valence-electron chi connectivity index (χ4n) is 1.80. The van der Waals surface area contributed by atoms with Crippen LogP contribution in [0.2, 0.25) is 0 Å². The molecule has 1 aromatic carbocycles. The van der Waals surface area contributed by atoms with Crippen LogP contribution in [0.15, 0.2) is 24.3 Å². The quantitative estimate of drug-likeness (QED) is 0.423. The second kappa shape index (κ2) is 7.21. The summed E-state index contributed by atoms with van der Waals surface area (Å²) >= 11 is 0. The molecular formula is C14H20N2O3. The summed E-state index contributed by atoms with van der Waals surface area (Å²) in [4.78, 5) is 10.1. The minimum Gasteiger partial charge on any atom is -0.381 e. The highest BCUT2D eigenvalue weighted by molar-refractivity contribution is 5.32. The monoisotopic (exact) mass is 264 g/mol. The molecule has 1 aromatic rings. The van der Waals surface area contributed by atoms with E-state index in [0.717, 1.165) is 44.2 Å². The summed E-state index contributed by atoms with van der Waals surface area (Å²) in [6, 6.07) is 6.65. The first-order valence-corrected chi connectivity index (χ1v) is 6.77. The van der Waals surface area contributed by atoms with Crippen molar-refractivity contribution in [2.45, 2.75) is 25.8 Å². The van der Waals surface area contributed by atoms with Gasteiger partial charge < -0.3 is 10.1 Å². The van der Waals surface area contributed by atoms with Gasteiger partial charge in [0, 0.05) is 31.9 Å². The molecule has 1 saturated carbocycles. The van der Waals surface area contributed by atoms with Crippen molar-refractivity contribution >= 4 is 5.69 Å². The Hall–Kier alpha value is -1.46. The molecule has 0 atom stereocenters. The number of nitrogens with zero attached hydrogens (tertiary/aromatic N) is 1. The third-order valence-electron chi connectivity index (χ3n) is 3.17. The van der Waals surface area contributed by atoms with Crippen molar-refractivity contribution in [1.29, 1.82) is 0 Å². The Balaban J connectivity index is 1.53. The maximum absolute atomic E-state index is 10.5. The summed E-state index contributed by atoms with van der Waals surface area (Å²) in [7, 11) is 0. The van der Waals surface area contributed by atoms with Gasteiger partial charge in [0.2, 0.25) is 0 Å². The van der Waals surface area contributed by atoms with Gasteiger partial charge in [-0.3, -0.25) is 10.1 Å². The molecule has 0 amide bonds. The molecular weight excluding hydrogens is 244 g/mol. The van der Waals surface area contributed by atoms with Gasteiger partial charge in [-0.15, -0.1) is 0 Å². The first kappa shape index (κ1) is 14.0. The Labute approximate surface area is 113 Å². The van der Waals surface area contributed by atoms with E-state index in [1.54, 1.807) is 12.1 Å². The highest BCUT2D eigenvalue weighted by Gasteiger charge is 2.20. The lowest BCUT2D eigenvalue weighted by Crippen LogP contribution is -2.16. The molecule has 1 fully saturated rings. The Bertz CT molecular complexity index is 402. The number of hydrogen-bond acceptors (Lipinski definition) is 4. The molecule has 1 aliphatic rings. The summed E-state index contributed by atoms with van der Waals surface area (Å²) in [6.45, 7) is 3.37. The van der Waals surface area contributed by atoms with Gasteiger partial charge in [-0.25, -0.2) is 0 Å². The third kappa shape index (κ3) is 5.36. The van der Waals surface area contributed by atoms with Crippen LogP contribution in [0.25, 0.3) is 0 Å². The second-order valence-electron chi connectivity index (χ2n) is 4.97. The highest BCUT2D eigenvalue weighted by atomic mass is 16.6. The average Bonchev–Trinajstić information content (AvgIpc) is 3.22. The summed E-state index contributed by atoms with van der Waals surface area (Å²) < 4.78 is 5.54. The molecule has 0 saturated heterocycles. The molecule has 2 rings (SSSR count). The van der Waals surface area contributed by atoms with Crippen molar-refractivity contribution in [3.63, 3.8) is 0 Å². The van der Waals surface area contributed by atoms with E-state index in [0.29, 0.717) is 0 Å². The zero-order chi connectivity index (χ0) is 13.5. The summed E-state index contributed by atoms with van der Waals surface area (Å²) in [5.74, 6) is 0.827. The van der Waals surface area contributed by atoms with Crippen molar-refractivity contribution in [2.24, 2.45) is 5.92 Å². The summed E-state index contributed by atoms with van der Waals surface area (Å²) in [5.41, 5.74) is 1.20. The van der Waals surface area contributed by atoms with Gasteiger partial charge in [0.25, 0.3) is 5.69 Å². The lowest BCUT2D eigenvalue weighted by atomic mass is 10.2. The lowest BCUT2D eigenvalue weighted by Gasteiger charge is -2.05. The number of nitro benzene ring substituents is 1. The van der Waals surface area contributed by atoms with E-state index < -0.39 is 0 Å². The summed E-state index contributed by atoms with van der Waals surface area (Å²) in [6.07, 6.45) is 3.66. The maximum atomic E-state index is 10.5. The van der Waals surface area contributed by atoms with Gasteiger partial charge in [0.1, 0.15) is 0 Å². The fraction of sp³-hybridized carbons (Fsp3) is 0.571. The topological polar surface area (TPSA) is 64.4 Å². The van der Waals surface area contributed by atoms with E-state index in [1.807, 2.05) is 0 Å². The Kier molecular flexibility index (Phi) is 5.30. The number of non-ortho nitro benzene ring substituents is 1. The molecule has 0 radical (unpaired) electrons. The molecule has 5 nitrogen and oxygen atoms in total. The number of nitro groups is 1. The van der Waals surface area contributed by atoms with Crippen LogP contribution in [0.5, 0.6) is 0 Å². The number of nitrogens with one attached hydrogen (secondary N) is 1. The van der Waals surface area contributed by atoms with E-state index >= 15 is 0 Å². The van der Waals surface area contributed by atoms with Crippen molar-refractivity contribution < 1.29 is 9.66 Å². The first-order chi connectivity index (χ1) is 9.25. The average molecular weight is 264 g/mol. The predicted molar refractivity (Wildman–Crippen MR) is 73.0 cm³/mol. The summed E-state index contributed by atoms with van der Waals surface area (Å²) in [5, 5.41) is 13.8. The van der Waals surface area contributed by atoms with Crippen LogP contribution in [0.1, 0.15) is 24.8 Å². The van der Waals surface area contributed by atoms with Gasteiger partial charge >= 0.3 is 0 Å². The van der Waals surface area contributed by atoms with E-state index in [-0.39, 0.29) is 10.6 Å². The van der Waals surface area contributed by atoms with Crippen LogP contribution in [-0.4, -0.2) is 24.7 Å². The zero-order valence-corrected chi connectivity index (χ0v) is 11.0. The van der Waals surface area contributed by atoms with Gasteiger partial charge in [-0.2, -0.15) is 0 Å². The van der Waals surface area contributed by atoms with Crippen LogP contribution in [0, 0.1) is 16.0 Å². The molecule has 5 heteroatoms. The minimum absolute atomic E-state index is 0.136. The molecule has 1 N–H and O–H groups in total. The largest absolute Gasteiger partial charge is 0.381 e. The van der Waals surface area contributed by atoms with E-state index in [2.05, 4.69) is 5.32 Å². The molecule has 0 aromatic heterocycles. The van der Waals surface area contributed by atoms with Crippen LogP contribution < -0.4 is 5.32 Å². The van der Waals surface area contributed by atoms with Crippen LogP contribution >= 0.6 is 0 Å². The van der Waals surface area contributed by atoms with E-state index in [1.165, 1.54) is 25.0 Å². The number of ether oxygens (including phenoxy) is 1. The molecule has 0 unspecified atom stereocenters. The number of hydrogen-bond donors (Lipinski definition) is 1. The molecule has 104 valence electrons. The van der Waals surface area contributed by atoms with Gasteiger partial charge in [-0.1, -0.05) is 12.1 Å².